The lowest BCUT2D eigenvalue weighted by Gasteiger charge is -2.25. The predicted molar refractivity (Wildman–Crippen MR) is 81.1 cm³/mol. The number of amides is 1. The Bertz CT molecular complexity index is 801. The summed E-state index contributed by atoms with van der Waals surface area (Å²) in [6, 6.07) is 5.17. The molecule has 0 spiro atoms. The van der Waals surface area contributed by atoms with E-state index in [4.69, 9.17) is 23.2 Å². The van der Waals surface area contributed by atoms with Gasteiger partial charge in [0.1, 0.15) is 11.6 Å². The molecule has 1 atom stereocenters. The van der Waals surface area contributed by atoms with Gasteiger partial charge in [0, 0.05) is 12.3 Å². The molecule has 2 N–H and O–H groups in total. The molecular formula is C14H11Cl2N3O2. The van der Waals surface area contributed by atoms with E-state index in [-0.39, 0.29) is 23.7 Å². The quantitative estimate of drug-likeness (QED) is 0.847. The number of hydrogen-bond acceptors (Lipinski definition) is 3. The van der Waals surface area contributed by atoms with Gasteiger partial charge in [-0.3, -0.25) is 9.59 Å². The second-order valence-electron chi connectivity index (χ2n) is 4.86. The molecule has 2 aromatic rings. The van der Waals surface area contributed by atoms with Crippen LogP contribution in [0.15, 0.2) is 23.0 Å². The second-order valence-corrected chi connectivity index (χ2v) is 5.65. The van der Waals surface area contributed by atoms with Crippen LogP contribution in [-0.4, -0.2) is 15.9 Å². The maximum atomic E-state index is 12.2. The first-order chi connectivity index (χ1) is 9.97. The van der Waals surface area contributed by atoms with Crippen LogP contribution in [0.3, 0.4) is 0 Å². The highest BCUT2D eigenvalue weighted by Gasteiger charge is 2.32. The fourth-order valence-electron chi connectivity index (χ4n) is 2.54. The average Bonchev–Trinajstić information content (AvgIpc) is 2.40. The third-order valence-corrected chi connectivity index (χ3v) is 4.26. The minimum atomic E-state index is -0.461. The van der Waals surface area contributed by atoms with E-state index in [1.165, 1.54) is 0 Å². The zero-order valence-corrected chi connectivity index (χ0v) is 12.5. The van der Waals surface area contributed by atoms with E-state index in [1.54, 1.807) is 25.1 Å². The van der Waals surface area contributed by atoms with Gasteiger partial charge in [0.2, 0.25) is 5.91 Å². The largest absolute Gasteiger partial charge is 0.310 e. The maximum Gasteiger partial charge on any atom is 0.256 e. The summed E-state index contributed by atoms with van der Waals surface area (Å²) in [6.07, 6.45) is 0.126. The van der Waals surface area contributed by atoms with Gasteiger partial charge in [-0.2, -0.15) is 0 Å². The molecule has 1 unspecified atom stereocenters. The zero-order chi connectivity index (χ0) is 15.1. The van der Waals surface area contributed by atoms with Crippen molar-refractivity contribution in [1.29, 1.82) is 0 Å². The summed E-state index contributed by atoms with van der Waals surface area (Å²) in [7, 11) is 0. The summed E-state index contributed by atoms with van der Waals surface area (Å²) in [5.41, 5.74) is 0.777. The molecule has 5 nitrogen and oxygen atoms in total. The normalized spacial score (nSPS) is 17.3. The van der Waals surface area contributed by atoms with Crippen LogP contribution in [0.25, 0.3) is 0 Å². The number of anilines is 1. The first-order valence-corrected chi connectivity index (χ1v) is 7.07. The molecule has 0 aliphatic carbocycles. The molecule has 3 rings (SSSR count). The van der Waals surface area contributed by atoms with Gasteiger partial charge >= 0.3 is 0 Å². The van der Waals surface area contributed by atoms with Gasteiger partial charge in [-0.15, -0.1) is 0 Å². The monoisotopic (exact) mass is 323 g/mol. The number of rotatable bonds is 1. The van der Waals surface area contributed by atoms with Gasteiger partial charge in [-0.25, -0.2) is 4.98 Å². The summed E-state index contributed by atoms with van der Waals surface area (Å²) >= 11 is 12.3. The molecule has 0 saturated heterocycles. The average molecular weight is 324 g/mol. The van der Waals surface area contributed by atoms with E-state index in [1.807, 2.05) is 0 Å². The SMILES string of the molecule is Cc1nc2c(c(=O)[nH]1)C(c1cccc(Cl)c1Cl)CC(=O)N2. The Kier molecular flexibility index (Phi) is 3.47. The summed E-state index contributed by atoms with van der Waals surface area (Å²) < 4.78 is 0. The van der Waals surface area contributed by atoms with Crippen LogP contribution < -0.4 is 10.9 Å². The van der Waals surface area contributed by atoms with Crippen LogP contribution in [0.1, 0.15) is 29.3 Å². The molecule has 108 valence electrons. The Balaban J connectivity index is 2.24. The molecular weight excluding hydrogens is 313 g/mol. The lowest BCUT2D eigenvalue weighted by molar-refractivity contribution is -0.116. The molecule has 0 fully saturated rings. The third-order valence-electron chi connectivity index (χ3n) is 3.43. The smallest absolute Gasteiger partial charge is 0.256 e. The molecule has 1 aliphatic rings. The van der Waals surface area contributed by atoms with E-state index in [2.05, 4.69) is 15.3 Å². The van der Waals surface area contributed by atoms with Crippen LogP contribution in [0.4, 0.5) is 5.82 Å². The van der Waals surface area contributed by atoms with Crippen LogP contribution >= 0.6 is 23.2 Å². The highest BCUT2D eigenvalue weighted by atomic mass is 35.5. The molecule has 1 aromatic carbocycles. The van der Waals surface area contributed by atoms with Crippen molar-refractivity contribution in [3.05, 3.63) is 55.5 Å². The predicted octanol–water partition coefficient (Wildman–Crippen LogP) is 2.86. The number of benzene rings is 1. The number of carbonyl (C=O) groups excluding carboxylic acids is 1. The fraction of sp³-hybridized carbons (Fsp3) is 0.214. The van der Waals surface area contributed by atoms with Crippen molar-refractivity contribution >= 4 is 34.9 Å². The number of carbonyl (C=O) groups is 1. The summed E-state index contributed by atoms with van der Waals surface area (Å²) in [4.78, 5) is 31.0. The van der Waals surface area contributed by atoms with Crippen molar-refractivity contribution < 1.29 is 4.79 Å². The number of nitrogens with one attached hydrogen (secondary N) is 2. The molecule has 0 radical (unpaired) electrons. The topological polar surface area (TPSA) is 74.8 Å². The first kappa shape index (κ1) is 14.1. The molecule has 7 heteroatoms. The van der Waals surface area contributed by atoms with Crippen LogP contribution in [0, 0.1) is 6.92 Å². The van der Waals surface area contributed by atoms with Gasteiger partial charge in [0.25, 0.3) is 5.56 Å². The Morgan fingerprint density at radius 1 is 1.29 bits per heavy atom. The molecule has 1 amide bonds. The van der Waals surface area contributed by atoms with E-state index in [0.717, 1.165) is 0 Å². The minimum absolute atomic E-state index is 0.126. The van der Waals surface area contributed by atoms with E-state index in [0.29, 0.717) is 27.0 Å². The molecule has 0 saturated carbocycles. The maximum absolute atomic E-state index is 12.2. The number of fused-ring (bicyclic) bond motifs is 1. The molecule has 2 heterocycles. The molecule has 1 aliphatic heterocycles. The van der Waals surface area contributed by atoms with Gasteiger partial charge in [0.05, 0.1) is 15.6 Å². The van der Waals surface area contributed by atoms with Crippen LogP contribution in [0.5, 0.6) is 0 Å². The van der Waals surface area contributed by atoms with Crippen molar-refractivity contribution in [2.24, 2.45) is 0 Å². The standard InChI is InChI=1S/C14H11Cl2N3O2/c1-6-17-13-11(14(21)18-6)8(5-10(20)19-13)7-3-2-4-9(15)12(7)16/h2-4,8H,5H2,1H3,(H2,17,18,19,20,21). The van der Waals surface area contributed by atoms with Crippen molar-refractivity contribution in [2.45, 2.75) is 19.3 Å². The van der Waals surface area contributed by atoms with Gasteiger partial charge in [-0.1, -0.05) is 35.3 Å². The van der Waals surface area contributed by atoms with Gasteiger partial charge in [0.15, 0.2) is 0 Å². The van der Waals surface area contributed by atoms with Crippen molar-refractivity contribution in [1.82, 2.24) is 9.97 Å². The van der Waals surface area contributed by atoms with E-state index < -0.39 is 5.92 Å². The van der Waals surface area contributed by atoms with Crippen molar-refractivity contribution in [3.8, 4) is 0 Å². The van der Waals surface area contributed by atoms with Crippen molar-refractivity contribution in [2.75, 3.05) is 5.32 Å². The van der Waals surface area contributed by atoms with E-state index >= 15 is 0 Å². The summed E-state index contributed by atoms with van der Waals surface area (Å²) in [5, 5.41) is 3.37. The Morgan fingerprint density at radius 2 is 2.05 bits per heavy atom. The summed E-state index contributed by atoms with van der Waals surface area (Å²) in [5.74, 6) is 0.0586. The number of aryl methyl sites for hydroxylation is 1. The van der Waals surface area contributed by atoms with Gasteiger partial charge < -0.3 is 10.3 Å². The fourth-order valence-corrected chi connectivity index (χ4v) is 2.98. The molecule has 1 aromatic heterocycles. The lowest BCUT2D eigenvalue weighted by Crippen LogP contribution is -2.31. The second kappa shape index (κ2) is 5.16. The zero-order valence-electron chi connectivity index (χ0n) is 11.0. The number of aromatic nitrogens is 2. The Morgan fingerprint density at radius 3 is 2.81 bits per heavy atom. The number of aromatic amines is 1. The minimum Gasteiger partial charge on any atom is -0.310 e. The molecule has 0 bridgehead atoms. The number of halogens is 2. The Labute approximate surface area is 130 Å². The summed E-state index contributed by atoms with van der Waals surface area (Å²) in [6.45, 7) is 1.66. The van der Waals surface area contributed by atoms with Crippen LogP contribution in [-0.2, 0) is 4.79 Å². The highest BCUT2D eigenvalue weighted by molar-refractivity contribution is 6.42. The number of nitrogens with zero attached hydrogens (tertiary/aromatic N) is 1. The number of hydrogen-bond donors (Lipinski definition) is 2. The van der Waals surface area contributed by atoms with Crippen LogP contribution in [0.2, 0.25) is 10.0 Å². The molecule has 21 heavy (non-hydrogen) atoms. The number of H-pyrrole nitrogens is 1. The lowest BCUT2D eigenvalue weighted by atomic mass is 9.87. The van der Waals surface area contributed by atoms with Crippen molar-refractivity contribution in [3.63, 3.8) is 0 Å². The third kappa shape index (κ3) is 2.43. The highest BCUT2D eigenvalue weighted by Crippen LogP contribution is 2.39. The van der Waals surface area contributed by atoms with E-state index in [9.17, 15) is 9.59 Å². The Hall–Kier alpha value is -1.85. The first-order valence-electron chi connectivity index (χ1n) is 6.32. The van der Waals surface area contributed by atoms with Gasteiger partial charge in [-0.05, 0) is 18.6 Å².